The van der Waals surface area contributed by atoms with Crippen LogP contribution in [0.4, 0.5) is 0 Å². The van der Waals surface area contributed by atoms with Crippen LogP contribution in [0.5, 0.6) is 0 Å². The van der Waals surface area contributed by atoms with E-state index < -0.39 is 11.9 Å². The number of esters is 2. The summed E-state index contributed by atoms with van der Waals surface area (Å²) in [5, 5.41) is 0. The minimum absolute atomic E-state index is 0.0239. The molecule has 0 saturated carbocycles. The summed E-state index contributed by atoms with van der Waals surface area (Å²) >= 11 is 5.58. The van der Waals surface area contributed by atoms with Crippen molar-refractivity contribution in [3.63, 3.8) is 0 Å². The molecule has 6 nitrogen and oxygen atoms in total. The van der Waals surface area contributed by atoms with Crippen molar-refractivity contribution in [2.45, 2.75) is 19.7 Å². The molecule has 0 fully saturated rings. The van der Waals surface area contributed by atoms with E-state index in [9.17, 15) is 9.59 Å². The normalized spacial score (nSPS) is 9.94. The molecule has 0 unspecified atom stereocenters. The second-order valence-corrected chi connectivity index (χ2v) is 3.39. The van der Waals surface area contributed by atoms with Crippen LogP contribution in [0.1, 0.15) is 40.5 Å². The van der Waals surface area contributed by atoms with Gasteiger partial charge in [-0.1, -0.05) is 0 Å². The van der Waals surface area contributed by atoms with Gasteiger partial charge >= 0.3 is 11.9 Å². The first kappa shape index (κ1) is 14.4. The van der Waals surface area contributed by atoms with Gasteiger partial charge in [-0.2, -0.15) is 0 Å². The summed E-state index contributed by atoms with van der Waals surface area (Å²) < 4.78 is 9.63. The minimum atomic E-state index is -0.700. The number of carbonyl (C=O) groups excluding carboxylic acids is 2. The quantitative estimate of drug-likeness (QED) is 0.598. The van der Waals surface area contributed by atoms with Crippen molar-refractivity contribution in [1.29, 1.82) is 0 Å². The van der Waals surface area contributed by atoms with Gasteiger partial charge in [-0.05, 0) is 13.8 Å². The first-order valence-corrected chi connectivity index (χ1v) is 5.93. The second kappa shape index (κ2) is 6.90. The largest absolute Gasteiger partial charge is 0.462 e. The van der Waals surface area contributed by atoms with Crippen LogP contribution < -0.4 is 0 Å². The molecule has 98 valence electrons. The molecule has 0 aliphatic rings. The van der Waals surface area contributed by atoms with Gasteiger partial charge < -0.3 is 9.47 Å². The lowest BCUT2D eigenvalue weighted by Gasteiger charge is -2.07. The number of rotatable bonds is 5. The molecular formula is C11H13ClN2O4. The van der Waals surface area contributed by atoms with E-state index in [0.717, 1.165) is 0 Å². The highest BCUT2D eigenvalue weighted by Gasteiger charge is 2.22. The molecular weight excluding hydrogens is 260 g/mol. The molecule has 0 amide bonds. The number of nitrogens with zero attached hydrogens (tertiary/aromatic N) is 2. The number of halogens is 1. The molecule has 0 N–H and O–H groups in total. The molecule has 1 aromatic heterocycles. The minimum Gasteiger partial charge on any atom is -0.462 e. The topological polar surface area (TPSA) is 78.4 Å². The summed E-state index contributed by atoms with van der Waals surface area (Å²) in [6.07, 6.45) is 1.22. The fourth-order valence-corrected chi connectivity index (χ4v) is 1.32. The van der Waals surface area contributed by atoms with E-state index in [1.165, 1.54) is 6.20 Å². The molecule has 0 bridgehead atoms. The maximum Gasteiger partial charge on any atom is 0.357 e. The SMILES string of the molecule is CCOC(=O)c1cnc(CCl)nc1C(=O)OCC. The van der Waals surface area contributed by atoms with Gasteiger partial charge in [0.15, 0.2) is 5.69 Å². The molecule has 0 aliphatic heterocycles. The maximum absolute atomic E-state index is 11.7. The summed E-state index contributed by atoms with van der Waals surface area (Å²) in [5.74, 6) is -1.08. The Morgan fingerprint density at radius 1 is 1.22 bits per heavy atom. The first-order valence-electron chi connectivity index (χ1n) is 5.40. The molecule has 0 saturated heterocycles. The Morgan fingerprint density at radius 3 is 2.39 bits per heavy atom. The van der Waals surface area contributed by atoms with Crippen molar-refractivity contribution >= 4 is 23.5 Å². The molecule has 0 atom stereocenters. The standard InChI is InChI=1S/C11H13ClN2O4/c1-3-17-10(15)7-6-13-8(5-12)14-9(7)11(16)18-4-2/h6H,3-5H2,1-2H3. The first-order chi connectivity index (χ1) is 8.63. The average molecular weight is 273 g/mol. The van der Waals surface area contributed by atoms with Crippen molar-refractivity contribution < 1.29 is 19.1 Å². The van der Waals surface area contributed by atoms with Crippen LogP contribution in [0.3, 0.4) is 0 Å². The third-order valence-corrected chi connectivity index (χ3v) is 2.16. The molecule has 0 radical (unpaired) electrons. The molecule has 1 heterocycles. The zero-order valence-corrected chi connectivity index (χ0v) is 10.9. The van der Waals surface area contributed by atoms with Crippen molar-refractivity contribution in [2.75, 3.05) is 13.2 Å². The Balaban J connectivity index is 3.15. The van der Waals surface area contributed by atoms with Crippen LogP contribution in [0.25, 0.3) is 0 Å². The summed E-state index contributed by atoms with van der Waals surface area (Å²) in [4.78, 5) is 31.1. The predicted molar refractivity (Wildman–Crippen MR) is 63.5 cm³/mol. The lowest BCUT2D eigenvalue weighted by atomic mass is 10.2. The molecule has 7 heteroatoms. The average Bonchev–Trinajstić information content (AvgIpc) is 2.38. The molecule has 1 aromatic rings. The fraction of sp³-hybridized carbons (Fsp3) is 0.455. The number of carbonyl (C=O) groups is 2. The van der Waals surface area contributed by atoms with Gasteiger partial charge in [0.2, 0.25) is 0 Å². The van der Waals surface area contributed by atoms with Crippen LogP contribution in [0.15, 0.2) is 6.20 Å². The van der Waals surface area contributed by atoms with Crippen molar-refractivity contribution in [2.24, 2.45) is 0 Å². The summed E-state index contributed by atoms with van der Waals surface area (Å²) in [6.45, 7) is 3.70. The monoisotopic (exact) mass is 272 g/mol. The van der Waals surface area contributed by atoms with E-state index in [-0.39, 0.29) is 36.2 Å². The van der Waals surface area contributed by atoms with E-state index in [1.807, 2.05) is 0 Å². The Hall–Kier alpha value is -1.69. The van der Waals surface area contributed by atoms with Crippen LogP contribution in [-0.4, -0.2) is 35.1 Å². The van der Waals surface area contributed by atoms with Crippen molar-refractivity contribution in [3.8, 4) is 0 Å². The number of aromatic nitrogens is 2. The van der Waals surface area contributed by atoms with Crippen LogP contribution >= 0.6 is 11.6 Å². The number of alkyl halides is 1. The van der Waals surface area contributed by atoms with Gasteiger partial charge in [-0.3, -0.25) is 0 Å². The highest BCUT2D eigenvalue weighted by atomic mass is 35.5. The van der Waals surface area contributed by atoms with Gasteiger partial charge in [0.1, 0.15) is 11.4 Å². The van der Waals surface area contributed by atoms with Crippen molar-refractivity contribution in [3.05, 3.63) is 23.3 Å². The summed E-state index contributed by atoms with van der Waals surface area (Å²) in [7, 11) is 0. The molecule has 1 rings (SSSR count). The van der Waals surface area contributed by atoms with E-state index in [2.05, 4.69) is 9.97 Å². The van der Waals surface area contributed by atoms with E-state index in [0.29, 0.717) is 0 Å². The molecule has 18 heavy (non-hydrogen) atoms. The summed E-state index contributed by atoms with van der Waals surface area (Å²) in [5.41, 5.74) is -0.148. The molecule has 0 aromatic carbocycles. The van der Waals surface area contributed by atoms with Crippen LogP contribution in [0.2, 0.25) is 0 Å². The Labute approximate surface area is 109 Å². The van der Waals surface area contributed by atoms with Crippen LogP contribution in [-0.2, 0) is 15.4 Å². The van der Waals surface area contributed by atoms with Crippen LogP contribution in [0, 0.1) is 0 Å². The lowest BCUT2D eigenvalue weighted by molar-refractivity contribution is 0.0472. The maximum atomic E-state index is 11.7. The smallest absolute Gasteiger partial charge is 0.357 e. The van der Waals surface area contributed by atoms with Gasteiger partial charge in [0, 0.05) is 6.20 Å². The third kappa shape index (κ3) is 3.40. The third-order valence-electron chi connectivity index (χ3n) is 1.92. The van der Waals surface area contributed by atoms with E-state index >= 15 is 0 Å². The number of ether oxygens (including phenoxy) is 2. The zero-order chi connectivity index (χ0) is 13.5. The number of hydrogen-bond acceptors (Lipinski definition) is 6. The molecule has 0 spiro atoms. The highest BCUT2D eigenvalue weighted by Crippen LogP contribution is 2.10. The predicted octanol–water partition coefficient (Wildman–Crippen LogP) is 1.57. The van der Waals surface area contributed by atoms with Gasteiger partial charge in [0.25, 0.3) is 0 Å². The highest BCUT2D eigenvalue weighted by molar-refractivity contribution is 6.16. The van der Waals surface area contributed by atoms with Gasteiger partial charge in [0.05, 0.1) is 19.1 Å². The Morgan fingerprint density at radius 2 is 1.83 bits per heavy atom. The van der Waals surface area contributed by atoms with E-state index in [4.69, 9.17) is 21.1 Å². The second-order valence-electron chi connectivity index (χ2n) is 3.12. The fourth-order valence-electron chi connectivity index (χ4n) is 1.20. The molecule has 0 aliphatic carbocycles. The van der Waals surface area contributed by atoms with Crippen molar-refractivity contribution in [1.82, 2.24) is 9.97 Å². The zero-order valence-electron chi connectivity index (χ0n) is 10.1. The number of hydrogen-bond donors (Lipinski definition) is 0. The van der Waals surface area contributed by atoms with Gasteiger partial charge in [-0.15, -0.1) is 11.6 Å². The van der Waals surface area contributed by atoms with Gasteiger partial charge in [-0.25, -0.2) is 19.6 Å². The van der Waals surface area contributed by atoms with E-state index in [1.54, 1.807) is 13.8 Å². The Bertz CT molecular complexity index is 451. The lowest BCUT2D eigenvalue weighted by Crippen LogP contribution is -2.17. The Kier molecular flexibility index (Phi) is 5.51. The summed E-state index contributed by atoms with van der Waals surface area (Å²) in [6, 6.07) is 0.